The summed E-state index contributed by atoms with van der Waals surface area (Å²) in [6, 6.07) is 10.9. The summed E-state index contributed by atoms with van der Waals surface area (Å²) < 4.78 is 0. The van der Waals surface area contributed by atoms with Gasteiger partial charge in [0.1, 0.15) is 0 Å². The zero-order valence-corrected chi connectivity index (χ0v) is 12.5. The van der Waals surface area contributed by atoms with Gasteiger partial charge in [-0.1, -0.05) is 18.2 Å². The van der Waals surface area contributed by atoms with E-state index in [1.165, 1.54) is 37.8 Å². The molecule has 2 heteroatoms. The van der Waals surface area contributed by atoms with Gasteiger partial charge < -0.3 is 10.6 Å². The maximum Gasteiger partial charge on any atom is 0.0577 e. The molecule has 2 N–H and O–H groups in total. The van der Waals surface area contributed by atoms with E-state index in [1.807, 2.05) is 0 Å². The Bertz CT molecular complexity index is 453. The molecule has 2 nitrogen and oxygen atoms in total. The van der Waals surface area contributed by atoms with E-state index < -0.39 is 0 Å². The second-order valence-corrected chi connectivity index (χ2v) is 7.39. The van der Waals surface area contributed by atoms with E-state index in [2.05, 4.69) is 42.3 Å². The van der Waals surface area contributed by atoms with E-state index >= 15 is 0 Å². The lowest BCUT2D eigenvalue weighted by atomic mass is 9.48. The van der Waals surface area contributed by atoms with E-state index in [-0.39, 0.29) is 5.54 Å². The molecule has 108 valence electrons. The molecule has 0 saturated heterocycles. The van der Waals surface area contributed by atoms with Gasteiger partial charge >= 0.3 is 0 Å². The number of para-hydroxylation sites is 1. The van der Waals surface area contributed by atoms with Gasteiger partial charge in [-0.2, -0.15) is 0 Å². The quantitative estimate of drug-likeness (QED) is 0.913. The zero-order valence-electron chi connectivity index (χ0n) is 12.5. The highest BCUT2D eigenvalue weighted by molar-refractivity contribution is 5.49. The van der Waals surface area contributed by atoms with Gasteiger partial charge in [-0.3, -0.25) is 0 Å². The molecular weight excluding hydrogens is 244 g/mol. The molecule has 0 unspecified atom stereocenters. The number of rotatable bonds is 3. The minimum absolute atomic E-state index is 0.217. The van der Waals surface area contributed by atoms with Crippen molar-refractivity contribution in [1.82, 2.24) is 0 Å². The second kappa shape index (κ2) is 4.49. The summed E-state index contributed by atoms with van der Waals surface area (Å²) in [5.74, 6) is 3.63. The Morgan fingerprint density at radius 3 is 2.05 bits per heavy atom. The molecule has 1 aromatic rings. The second-order valence-electron chi connectivity index (χ2n) is 7.39. The number of hydrogen-bond donors (Lipinski definition) is 1. The smallest absolute Gasteiger partial charge is 0.0577 e. The maximum atomic E-state index is 6.39. The number of hydrogen-bond acceptors (Lipinski definition) is 2. The summed E-state index contributed by atoms with van der Waals surface area (Å²) in [4.78, 5) is 2.54. The van der Waals surface area contributed by atoms with Crippen molar-refractivity contribution in [3.8, 4) is 0 Å². The first-order chi connectivity index (χ1) is 9.74. The average Bonchev–Trinajstić information content (AvgIpc) is 2.48. The van der Waals surface area contributed by atoms with Crippen molar-refractivity contribution < 1.29 is 0 Å². The molecule has 0 amide bonds. The van der Waals surface area contributed by atoms with Gasteiger partial charge in [0.05, 0.1) is 5.54 Å². The minimum Gasteiger partial charge on any atom is -0.367 e. The third-order valence-corrected chi connectivity index (χ3v) is 6.65. The first-order valence-corrected chi connectivity index (χ1v) is 8.23. The molecule has 4 aliphatic carbocycles. The van der Waals surface area contributed by atoms with Crippen LogP contribution in [0.1, 0.15) is 32.1 Å². The minimum atomic E-state index is 0.217. The first kappa shape index (κ1) is 12.7. The summed E-state index contributed by atoms with van der Waals surface area (Å²) in [6.45, 7) is 0.813. The molecule has 0 spiro atoms. The molecular formula is C18H26N2. The Hall–Kier alpha value is -1.02. The topological polar surface area (TPSA) is 29.3 Å². The lowest BCUT2D eigenvalue weighted by molar-refractivity contribution is -0.0525. The van der Waals surface area contributed by atoms with Crippen molar-refractivity contribution in [3.05, 3.63) is 30.3 Å². The van der Waals surface area contributed by atoms with Crippen LogP contribution in [0.4, 0.5) is 5.69 Å². The standard InChI is InChI=1S/C18H26N2/c1-20(17-5-3-2-4-6-17)18(12-19)15-8-13-7-14(10-15)11-16(18)9-13/h2-6,13-16H,7-12,19H2,1H3. The Balaban J connectivity index is 1.73. The van der Waals surface area contributed by atoms with Gasteiger partial charge in [-0.15, -0.1) is 0 Å². The molecule has 4 saturated carbocycles. The van der Waals surface area contributed by atoms with E-state index in [0.717, 1.165) is 30.2 Å². The van der Waals surface area contributed by atoms with Crippen LogP contribution >= 0.6 is 0 Å². The predicted octanol–water partition coefficient (Wildman–Crippen LogP) is 3.28. The largest absolute Gasteiger partial charge is 0.367 e. The number of anilines is 1. The van der Waals surface area contributed by atoms with Crippen LogP contribution in [0.2, 0.25) is 0 Å². The van der Waals surface area contributed by atoms with Gasteiger partial charge in [0, 0.05) is 19.3 Å². The number of nitrogens with two attached hydrogens (primary N) is 1. The van der Waals surface area contributed by atoms with Crippen LogP contribution in [0.25, 0.3) is 0 Å². The molecule has 0 radical (unpaired) electrons. The summed E-state index contributed by atoms with van der Waals surface area (Å²) in [6.07, 6.45) is 7.17. The van der Waals surface area contributed by atoms with Crippen molar-refractivity contribution in [3.63, 3.8) is 0 Å². The number of likely N-dealkylation sites (N-methyl/N-ethyl adjacent to an activating group) is 1. The van der Waals surface area contributed by atoms with Crippen molar-refractivity contribution >= 4 is 5.69 Å². The molecule has 4 fully saturated rings. The third-order valence-electron chi connectivity index (χ3n) is 6.65. The molecule has 0 atom stereocenters. The highest BCUT2D eigenvalue weighted by Gasteiger charge is 2.58. The molecule has 0 heterocycles. The van der Waals surface area contributed by atoms with Gasteiger partial charge in [-0.25, -0.2) is 0 Å². The van der Waals surface area contributed by atoms with Crippen molar-refractivity contribution in [1.29, 1.82) is 0 Å². The van der Waals surface area contributed by atoms with Crippen molar-refractivity contribution in [2.45, 2.75) is 37.6 Å². The molecule has 0 aliphatic heterocycles. The Kier molecular flexibility index (Phi) is 2.85. The molecule has 20 heavy (non-hydrogen) atoms. The molecule has 4 aliphatic rings. The Labute approximate surface area is 122 Å². The van der Waals surface area contributed by atoms with Gasteiger partial charge in [-0.05, 0) is 67.9 Å². The summed E-state index contributed by atoms with van der Waals surface area (Å²) in [5.41, 5.74) is 7.94. The van der Waals surface area contributed by atoms with Gasteiger partial charge in [0.25, 0.3) is 0 Å². The highest BCUT2D eigenvalue weighted by atomic mass is 15.2. The maximum absolute atomic E-state index is 6.39. The van der Waals surface area contributed by atoms with Crippen LogP contribution in [0, 0.1) is 23.7 Å². The molecule has 1 aromatic carbocycles. The van der Waals surface area contributed by atoms with Gasteiger partial charge in [0.2, 0.25) is 0 Å². The predicted molar refractivity (Wildman–Crippen MR) is 83.7 cm³/mol. The Morgan fingerprint density at radius 1 is 1.00 bits per heavy atom. The average molecular weight is 270 g/mol. The number of nitrogens with zero attached hydrogens (tertiary/aromatic N) is 1. The van der Waals surface area contributed by atoms with Crippen molar-refractivity contribution in [2.24, 2.45) is 29.4 Å². The van der Waals surface area contributed by atoms with E-state index in [1.54, 1.807) is 0 Å². The molecule has 4 bridgehead atoms. The normalized spacial score (nSPS) is 41.9. The molecule has 0 aromatic heterocycles. The monoisotopic (exact) mass is 270 g/mol. The van der Waals surface area contributed by atoms with Crippen LogP contribution in [0.5, 0.6) is 0 Å². The molecule has 5 rings (SSSR count). The SMILES string of the molecule is CN(c1ccccc1)C1(CN)C2CC3CC(C2)CC1C3. The van der Waals surface area contributed by atoms with Crippen molar-refractivity contribution in [2.75, 3.05) is 18.5 Å². The fraction of sp³-hybridized carbons (Fsp3) is 0.667. The zero-order chi connectivity index (χ0) is 13.7. The van der Waals surface area contributed by atoms with Crippen LogP contribution in [0.3, 0.4) is 0 Å². The first-order valence-electron chi connectivity index (χ1n) is 8.23. The summed E-state index contributed by atoms with van der Waals surface area (Å²) in [5, 5.41) is 0. The highest BCUT2D eigenvalue weighted by Crippen LogP contribution is 2.60. The van der Waals surface area contributed by atoms with Crippen LogP contribution in [0.15, 0.2) is 30.3 Å². The van der Waals surface area contributed by atoms with Crippen LogP contribution < -0.4 is 10.6 Å². The fourth-order valence-corrected chi connectivity index (χ4v) is 5.91. The Morgan fingerprint density at radius 2 is 1.55 bits per heavy atom. The van der Waals surface area contributed by atoms with Gasteiger partial charge in [0.15, 0.2) is 0 Å². The van der Waals surface area contributed by atoms with E-state index in [9.17, 15) is 0 Å². The third kappa shape index (κ3) is 1.60. The number of benzene rings is 1. The fourth-order valence-electron chi connectivity index (χ4n) is 5.91. The summed E-state index contributed by atoms with van der Waals surface area (Å²) >= 11 is 0. The lowest BCUT2D eigenvalue weighted by Crippen LogP contribution is -2.68. The summed E-state index contributed by atoms with van der Waals surface area (Å²) in [7, 11) is 2.28. The van der Waals surface area contributed by atoms with E-state index in [0.29, 0.717) is 0 Å². The van der Waals surface area contributed by atoms with E-state index in [4.69, 9.17) is 5.73 Å². The van der Waals surface area contributed by atoms with Crippen LogP contribution in [-0.4, -0.2) is 19.1 Å². The van der Waals surface area contributed by atoms with Crippen LogP contribution in [-0.2, 0) is 0 Å². The lowest BCUT2D eigenvalue weighted by Gasteiger charge is -2.64.